The number of hydrogen-bond donors (Lipinski definition) is 0. The van der Waals surface area contributed by atoms with Crippen LogP contribution in [0.15, 0.2) is 0 Å². The van der Waals surface area contributed by atoms with E-state index in [0.717, 1.165) is 82.9 Å². The predicted octanol–water partition coefficient (Wildman–Crippen LogP) is 14.1. The van der Waals surface area contributed by atoms with Crippen molar-refractivity contribution < 1.29 is 0 Å². The molecule has 0 heteroatoms. The number of rotatable bonds is 21. The summed E-state index contributed by atoms with van der Waals surface area (Å²) in [5.74, 6) is 13.1. The van der Waals surface area contributed by atoms with Crippen LogP contribution in [0.2, 0.25) is 0 Å². The molecule has 42 heavy (non-hydrogen) atoms. The first-order valence-electron chi connectivity index (χ1n) is 20.0. The molecule has 2 fully saturated rings. The highest BCUT2D eigenvalue weighted by molar-refractivity contribution is 4.92. The number of hydrogen-bond acceptors (Lipinski definition) is 0. The normalized spacial score (nSPS) is 30.6. The van der Waals surface area contributed by atoms with E-state index in [0.29, 0.717) is 0 Å². The standard InChI is InChI=1S/C42H82/c1-13-18-22-40(42-26-30(8)25-37(42)17-5)34(12)33(11)38-23-24-39(27-38)41(29(6)7)28-36(16-4)32(10)20-19-21-35(15-3)31(9)14-2/h29-42H,13-28H2,1-12H3. The molecule has 2 aliphatic carbocycles. The molecule has 0 aromatic heterocycles. The first-order valence-corrected chi connectivity index (χ1v) is 20.0. The van der Waals surface area contributed by atoms with Crippen molar-refractivity contribution in [1.82, 2.24) is 0 Å². The van der Waals surface area contributed by atoms with Crippen molar-refractivity contribution in [3.8, 4) is 0 Å². The van der Waals surface area contributed by atoms with Gasteiger partial charge in [0, 0.05) is 0 Å². The monoisotopic (exact) mass is 587 g/mol. The molecule has 0 aromatic carbocycles. The van der Waals surface area contributed by atoms with Crippen LogP contribution in [0.5, 0.6) is 0 Å². The fourth-order valence-electron chi connectivity index (χ4n) is 10.8. The third kappa shape index (κ3) is 10.8. The second kappa shape index (κ2) is 19.5. The lowest BCUT2D eigenvalue weighted by Crippen LogP contribution is -2.31. The quantitative estimate of drug-likeness (QED) is 0.125. The Kier molecular flexibility index (Phi) is 17.7. The molecule has 0 spiro atoms. The van der Waals surface area contributed by atoms with E-state index in [4.69, 9.17) is 0 Å². The Bertz CT molecular complexity index is 678. The highest BCUT2D eigenvalue weighted by Crippen LogP contribution is 2.51. The molecule has 0 heterocycles. The van der Waals surface area contributed by atoms with E-state index in [-0.39, 0.29) is 0 Å². The zero-order valence-corrected chi connectivity index (χ0v) is 31.4. The van der Waals surface area contributed by atoms with E-state index in [1.807, 2.05) is 0 Å². The maximum absolute atomic E-state index is 2.70. The Morgan fingerprint density at radius 2 is 1.29 bits per heavy atom. The van der Waals surface area contributed by atoms with Gasteiger partial charge < -0.3 is 0 Å². The second-order valence-electron chi connectivity index (χ2n) is 17.0. The largest absolute Gasteiger partial charge is 0.0654 e. The van der Waals surface area contributed by atoms with Gasteiger partial charge in [-0.1, -0.05) is 141 Å². The van der Waals surface area contributed by atoms with Crippen molar-refractivity contribution >= 4 is 0 Å². The van der Waals surface area contributed by atoms with Gasteiger partial charge in [0.1, 0.15) is 0 Å². The Morgan fingerprint density at radius 1 is 0.619 bits per heavy atom. The van der Waals surface area contributed by atoms with Gasteiger partial charge in [0.05, 0.1) is 0 Å². The van der Waals surface area contributed by atoms with Crippen LogP contribution in [0.3, 0.4) is 0 Å². The first kappa shape index (κ1) is 38.2. The van der Waals surface area contributed by atoms with Crippen LogP contribution in [0.4, 0.5) is 0 Å². The van der Waals surface area contributed by atoms with Crippen molar-refractivity contribution in [2.45, 2.75) is 186 Å². The molecule has 0 radical (unpaired) electrons. The van der Waals surface area contributed by atoms with Gasteiger partial charge in [0.2, 0.25) is 0 Å². The second-order valence-corrected chi connectivity index (χ2v) is 17.0. The summed E-state index contributed by atoms with van der Waals surface area (Å²) < 4.78 is 0. The molecule has 2 aliphatic rings. The van der Waals surface area contributed by atoms with E-state index in [9.17, 15) is 0 Å². The van der Waals surface area contributed by atoms with Crippen LogP contribution >= 0.6 is 0 Å². The zero-order chi connectivity index (χ0) is 31.4. The maximum atomic E-state index is 2.70. The van der Waals surface area contributed by atoms with E-state index < -0.39 is 0 Å². The molecule has 0 saturated heterocycles. The van der Waals surface area contributed by atoms with Gasteiger partial charge >= 0.3 is 0 Å². The van der Waals surface area contributed by atoms with Gasteiger partial charge in [0.25, 0.3) is 0 Å². The smallest absolute Gasteiger partial charge is 0.0352 e. The Hall–Kier alpha value is 0. The van der Waals surface area contributed by atoms with Crippen LogP contribution in [0.25, 0.3) is 0 Å². The summed E-state index contributed by atoms with van der Waals surface area (Å²) in [5, 5.41) is 0. The highest BCUT2D eigenvalue weighted by Gasteiger charge is 2.42. The summed E-state index contributed by atoms with van der Waals surface area (Å²) in [6.07, 6.45) is 23.2. The molecular weight excluding hydrogens is 504 g/mol. The minimum atomic E-state index is 0.834. The van der Waals surface area contributed by atoms with Gasteiger partial charge in [-0.25, -0.2) is 0 Å². The van der Waals surface area contributed by atoms with Crippen molar-refractivity contribution in [3.63, 3.8) is 0 Å². The van der Waals surface area contributed by atoms with E-state index in [1.54, 1.807) is 0 Å². The fourth-order valence-corrected chi connectivity index (χ4v) is 10.8. The zero-order valence-electron chi connectivity index (χ0n) is 31.4. The first-order chi connectivity index (χ1) is 20.0. The molecule has 0 N–H and O–H groups in total. The van der Waals surface area contributed by atoms with E-state index in [1.165, 1.54) is 103 Å². The minimum Gasteiger partial charge on any atom is -0.0654 e. The van der Waals surface area contributed by atoms with Crippen molar-refractivity contribution in [2.24, 2.45) is 82.9 Å². The molecule has 0 aliphatic heterocycles. The van der Waals surface area contributed by atoms with E-state index in [2.05, 4.69) is 83.1 Å². The summed E-state index contributed by atoms with van der Waals surface area (Å²) in [6, 6.07) is 0. The molecule has 0 amide bonds. The van der Waals surface area contributed by atoms with Gasteiger partial charge in [0.15, 0.2) is 0 Å². The van der Waals surface area contributed by atoms with Gasteiger partial charge in [-0.2, -0.15) is 0 Å². The lowest BCUT2D eigenvalue weighted by molar-refractivity contribution is 0.103. The van der Waals surface area contributed by atoms with Crippen LogP contribution in [0, 0.1) is 82.9 Å². The Morgan fingerprint density at radius 3 is 1.86 bits per heavy atom. The minimum absolute atomic E-state index is 0.834. The Balaban J connectivity index is 2.01. The van der Waals surface area contributed by atoms with E-state index >= 15 is 0 Å². The van der Waals surface area contributed by atoms with Crippen LogP contribution in [0.1, 0.15) is 186 Å². The van der Waals surface area contributed by atoms with Gasteiger partial charge in [-0.3, -0.25) is 0 Å². The molecule has 0 aromatic rings. The molecular formula is C42H82. The fraction of sp³-hybridized carbons (Fsp3) is 1.00. The third-order valence-electron chi connectivity index (χ3n) is 14.3. The average molecular weight is 587 g/mol. The maximum Gasteiger partial charge on any atom is -0.0352 e. The van der Waals surface area contributed by atoms with Gasteiger partial charge in [-0.05, 0) is 128 Å². The van der Waals surface area contributed by atoms with Crippen molar-refractivity contribution in [3.05, 3.63) is 0 Å². The molecule has 0 nitrogen and oxygen atoms in total. The SMILES string of the molecule is CCCCC(C(C)C(C)C1CCC(C(CC(CC)C(C)CCCC(CC)C(C)CC)C(C)C)C1)C1CC(C)CC1CC. The molecule has 13 unspecified atom stereocenters. The molecule has 250 valence electrons. The topological polar surface area (TPSA) is 0 Å². The molecule has 0 bridgehead atoms. The van der Waals surface area contributed by atoms with Crippen LogP contribution in [-0.2, 0) is 0 Å². The van der Waals surface area contributed by atoms with Crippen LogP contribution in [-0.4, -0.2) is 0 Å². The Labute approximate surface area is 268 Å². The van der Waals surface area contributed by atoms with Crippen molar-refractivity contribution in [2.75, 3.05) is 0 Å². The lowest BCUT2D eigenvalue weighted by Gasteiger charge is -2.39. The summed E-state index contributed by atoms with van der Waals surface area (Å²) in [5.41, 5.74) is 0. The predicted molar refractivity (Wildman–Crippen MR) is 191 cm³/mol. The molecule has 13 atom stereocenters. The van der Waals surface area contributed by atoms with Crippen LogP contribution < -0.4 is 0 Å². The number of unbranched alkanes of at least 4 members (excludes halogenated alkanes) is 1. The molecule has 2 rings (SSSR count). The summed E-state index contributed by atoms with van der Waals surface area (Å²) in [7, 11) is 0. The highest BCUT2D eigenvalue weighted by atomic mass is 14.5. The summed E-state index contributed by atoms with van der Waals surface area (Å²) >= 11 is 0. The van der Waals surface area contributed by atoms with Gasteiger partial charge in [-0.15, -0.1) is 0 Å². The molecule has 2 saturated carbocycles. The summed E-state index contributed by atoms with van der Waals surface area (Å²) in [4.78, 5) is 0. The lowest BCUT2D eigenvalue weighted by atomic mass is 9.66. The summed E-state index contributed by atoms with van der Waals surface area (Å²) in [6.45, 7) is 30.3. The third-order valence-corrected chi connectivity index (χ3v) is 14.3. The van der Waals surface area contributed by atoms with Crippen molar-refractivity contribution in [1.29, 1.82) is 0 Å². The average Bonchev–Trinajstić information content (AvgIpc) is 3.61.